The highest BCUT2D eigenvalue weighted by atomic mass is 17.5. The van der Waals surface area contributed by atoms with Gasteiger partial charge in [-0.15, -0.1) is 0 Å². The van der Waals surface area contributed by atoms with E-state index >= 15 is 0 Å². The third kappa shape index (κ3) is 14.6. The summed E-state index contributed by atoms with van der Waals surface area (Å²) >= 11 is 0. The van der Waals surface area contributed by atoms with Crippen LogP contribution in [0.2, 0.25) is 0 Å². The fourth-order valence-corrected chi connectivity index (χ4v) is 5.08. The van der Waals surface area contributed by atoms with Crippen LogP contribution in [0.15, 0.2) is 109 Å². The monoisotopic (exact) mass is 714 g/mol. The Hall–Kier alpha value is -5.72. The Bertz CT molecular complexity index is 1520. The summed E-state index contributed by atoms with van der Waals surface area (Å²) in [5.41, 5.74) is 4.37. The van der Waals surface area contributed by atoms with E-state index in [0.717, 1.165) is 73.6 Å². The molecule has 274 valence electrons. The number of benzene rings is 4. The van der Waals surface area contributed by atoms with Gasteiger partial charge in [-0.3, -0.25) is 9.78 Å². The minimum atomic E-state index is -1.09. The molecule has 0 radical (unpaired) electrons. The fraction of sp³-hybridized carbons (Fsp3) is 0.300. The van der Waals surface area contributed by atoms with E-state index in [1.54, 1.807) is 48.5 Å². The molecule has 0 unspecified atom stereocenters. The van der Waals surface area contributed by atoms with E-state index in [4.69, 9.17) is 9.47 Å². The van der Waals surface area contributed by atoms with Crippen LogP contribution < -0.4 is 0 Å². The summed E-state index contributed by atoms with van der Waals surface area (Å²) in [6, 6.07) is 32.8. The molecule has 4 aromatic rings. The highest BCUT2D eigenvalue weighted by Gasteiger charge is 2.14. The van der Waals surface area contributed by atoms with E-state index < -0.39 is 24.2 Å². The molecule has 0 aromatic heterocycles. The average Bonchev–Trinajstić information content (AvgIpc) is 3.18. The number of rotatable bonds is 21. The van der Waals surface area contributed by atoms with E-state index in [2.05, 4.69) is 29.6 Å². The highest BCUT2D eigenvalue weighted by molar-refractivity contribution is 5.90. The predicted molar refractivity (Wildman–Crippen MR) is 188 cm³/mol. The molecule has 0 spiro atoms. The Labute approximate surface area is 302 Å². The zero-order valence-corrected chi connectivity index (χ0v) is 28.8. The zero-order chi connectivity index (χ0) is 36.6. The first-order valence-electron chi connectivity index (χ1n) is 17.2. The topological polar surface area (TPSA) is 142 Å². The van der Waals surface area contributed by atoms with Gasteiger partial charge in [-0.25, -0.2) is 29.0 Å². The molecule has 4 aromatic carbocycles. The van der Waals surface area contributed by atoms with Crippen molar-refractivity contribution >= 4 is 24.2 Å². The molecule has 52 heavy (non-hydrogen) atoms. The first-order chi connectivity index (χ1) is 25.5. The van der Waals surface area contributed by atoms with Gasteiger partial charge in [0.15, 0.2) is 0 Å². The molecule has 0 aliphatic heterocycles. The Morgan fingerprint density at radius 1 is 0.346 bits per heavy atom. The third-order valence-corrected chi connectivity index (χ3v) is 7.86. The molecule has 0 aliphatic rings. The second-order valence-corrected chi connectivity index (χ2v) is 11.7. The molecule has 0 amide bonds. The number of carbonyl (C=O) groups excluding carboxylic acids is 4. The smallest absolute Gasteiger partial charge is 0.432 e. The van der Waals surface area contributed by atoms with Gasteiger partial charge in [0.2, 0.25) is 0 Å². The SMILES string of the molecule is O=C(OCCCCCCCCCCCCOC(=O)OOOC(=O)c1ccc(-c2ccccc2)cc1)OOOC(=O)c1ccc(-c2ccccc2)cc1. The highest BCUT2D eigenvalue weighted by Crippen LogP contribution is 2.21. The van der Waals surface area contributed by atoms with Crippen LogP contribution in [-0.2, 0) is 39.1 Å². The number of hydrogen-bond donors (Lipinski definition) is 0. The van der Waals surface area contributed by atoms with E-state index in [-0.39, 0.29) is 24.3 Å². The first-order valence-corrected chi connectivity index (χ1v) is 17.2. The summed E-state index contributed by atoms with van der Waals surface area (Å²) in [5.74, 6) is -1.62. The van der Waals surface area contributed by atoms with Crippen LogP contribution in [-0.4, -0.2) is 37.5 Å². The lowest BCUT2D eigenvalue weighted by Gasteiger charge is -2.06. The van der Waals surface area contributed by atoms with Gasteiger partial charge in [0.05, 0.1) is 34.4 Å². The molecule has 0 bridgehead atoms. The number of unbranched alkanes of at least 4 members (excludes halogenated alkanes) is 9. The summed E-state index contributed by atoms with van der Waals surface area (Å²) in [5, 5.41) is 8.55. The van der Waals surface area contributed by atoms with Crippen molar-refractivity contribution in [2.24, 2.45) is 0 Å². The summed E-state index contributed by atoms with van der Waals surface area (Å²) in [6.45, 7) is 0.321. The lowest BCUT2D eigenvalue weighted by Crippen LogP contribution is -2.12. The Kier molecular flexibility index (Phi) is 17.2. The van der Waals surface area contributed by atoms with Gasteiger partial charge in [0, 0.05) is 0 Å². The maximum absolute atomic E-state index is 12.1. The number of carbonyl (C=O) groups is 4. The molecule has 0 saturated heterocycles. The Balaban J connectivity index is 0.888. The second-order valence-electron chi connectivity index (χ2n) is 11.7. The molecule has 0 saturated carbocycles. The predicted octanol–water partition coefficient (Wildman–Crippen LogP) is 9.93. The van der Waals surface area contributed by atoms with E-state index in [9.17, 15) is 19.2 Å². The Morgan fingerprint density at radius 3 is 1.00 bits per heavy atom. The molecule has 0 fully saturated rings. The quantitative estimate of drug-likeness (QED) is 0.0351. The van der Waals surface area contributed by atoms with Gasteiger partial charge in [-0.05, 0) is 59.4 Å². The summed E-state index contributed by atoms with van der Waals surface area (Å²) < 4.78 is 9.84. The molecule has 4 rings (SSSR count). The summed E-state index contributed by atoms with van der Waals surface area (Å²) in [7, 11) is 0. The zero-order valence-electron chi connectivity index (χ0n) is 28.8. The van der Waals surface area contributed by atoms with Crippen molar-refractivity contribution in [1.29, 1.82) is 0 Å². The standard InChI is InChI=1S/C40H42O12/c41-37(35-25-21-33(22-26-35)31-17-11-9-12-18-31)47-51-49-39(43)45-29-15-7-5-3-1-2-4-6-8-16-30-46-40(44)50-52-48-38(42)36-27-23-34(24-28-36)32-19-13-10-14-20-32/h9-14,17-28H,1-8,15-16,29-30H2. The van der Waals surface area contributed by atoms with E-state index in [0.29, 0.717) is 12.8 Å². The first kappa shape index (κ1) is 39.1. The van der Waals surface area contributed by atoms with Gasteiger partial charge >= 0.3 is 24.2 Å². The molecule has 12 heteroatoms. The minimum Gasteiger partial charge on any atom is -0.432 e. The van der Waals surface area contributed by atoms with Crippen LogP contribution in [0.5, 0.6) is 0 Å². The van der Waals surface area contributed by atoms with E-state index in [1.165, 1.54) is 0 Å². The summed E-state index contributed by atoms with van der Waals surface area (Å²) in [4.78, 5) is 65.1. The van der Waals surface area contributed by atoms with Crippen LogP contribution >= 0.6 is 0 Å². The van der Waals surface area contributed by atoms with E-state index in [1.807, 2.05) is 60.7 Å². The molecule has 12 nitrogen and oxygen atoms in total. The van der Waals surface area contributed by atoms with Crippen molar-refractivity contribution in [3.05, 3.63) is 120 Å². The van der Waals surface area contributed by atoms with Crippen LogP contribution in [0.1, 0.15) is 84.9 Å². The maximum atomic E-state index is 12.1. The normalized spacial score (nSPS) is 10.5. The molecule has 0 heterocycles. The van der Waals surface area contributed by atoms with Crippen LogP contribution in [0.25, 0.3) is 22.3 Å². The molecule has 0 N–H and O–H groups in total. The largest absolute Gasteiger partial charge is 0.543 e. The maximum Gasteiger partial charge on any atom is 0.543 e. The van der Waals surface area contributed by atoms with Gasteiger partial charge in [-0.2, -0.15) is 0 Å². The fourth-order valence-electron chi connectivity index (χ4n) is 5.08. The van der Waals surface area contributed by atoms with Gasteiger partial charge in [0.1, 0.15) is 0 Å². The van der Waals surface area contributed by atoms with Crippen molar-refractivity contribution in [3.63, 3.8) is 0 Å². The van der Waals surface area contributed by atoms with Crippen LogP contribution in [0.4, 0.5) is 9.59 Å². The molecular weight excluding hydrogens is 672 g/mol. The van der Waals surface area contributed by atoms with Crippen molar-refractivity contribution in [3.8, 4) is 22.3 Å². The van der Waals surface area contributed by atoms with Crippen molar-refractivity contribution in [1.82, 2.24) is 0 Å². The molecular formula is C40H42O12. The van der Waals surface area contributed by atoms with Gasteiger partial charge < -0.3 is 9.47 Å². The minimum absolute atomic E-state index is 0.161. The van der Waals surface area contributed by atoms with Gasteiger partial charge in [-0.1, -0.05) is 136 Å². The van der Waals surface area contributed by atoms with Crippen molar-refractivity contribution in [2.45, 2.75) is 64.2 Å². The number of hydrogen-bond acceptors (Lipinski definition) is 12. The van der Waals surface area contributed by atoms with Crippen LogP contribution in [0.3, 0.4) is 0 Å². The summed E-state index contributed by atoms with van der Waals surface area (Å²) in [6.07, 6.45) is 7.25. The lowest BCUT2D eigenvalue weighted by atomic mass is 10.0. The van der Waals surface area contributed by atoms with Crippen molar-refractivity contribution in [2.75, 3.05) is 13.2 Å². The lowest BCUT2D eigenvalue weighted by molar-refractivity contribution is -0.452. The third-order valence-electron chi connectivity index (χ3n) is 7.86. The van der Waals surface area contributed by atoms with Crippen LogP contribution in [0, 0.1) is 0 Å². The molecule has 0 atom stereocenters. The van der Waals surface area contributed by atoms with Crippen molar-refractivity contribution < 1.29 is 58.3 Å². The Morgan fingerprint density at radius 2 is 0.654 bits per heavy atom. The molecule has 0 aliphatic carbocycles. The number of ether oxygens (including phenoxy) is 2. The average molecular weight is 715 g/mol. The van der Waals surface area contributed by atoms with Gasteiger partial charge in [0.25, 0.3) is 0 Å². The second kappa shape index (κ2) is 22.9.